The molecule has 0 aliphatic heterocycles. The average Bonchev–Trinajstić information content (AvgIpc) is 2.35. The Hall–Kier alpha value is -1.77. The van der Waals surface area contributed by atoms with E-state index >= 15 is 0 Å². The van der Waals surface area contributed by atoms with Crippen LogP contribution in [0.5, 0.6) is 0 Å². The summed E-state index contributed by atoms with van der Waals surface area (Å²) in [6, 6.07) is 11.4. The lowest BCUT2D eigenvalue weighted by atomic mass is 9.97. The first-order chi connectivity index (χ1) is 8.88. The third-order valence-electron chi connectivity index (χ3n) is 3.39. The third kappa shape index (κ3) is 3.16. The highest BCUT2D eigenvalue weighted by Crippen LogP contribution is 2.29. The lowest BCUT2D eigenvalue weighted by Gasteiger charge is -2.10. The summed E-state index contributed by atoms with van der Waals surface area (Å²) in [5.41, 5.74) is 3.84. The normalized spacial score (nSPS) is 11.6. The Kier molecular flexibility index (Phi) is 3.65. The molecule has 2 rings (SSSR count). The van der Waals surface area contributed by atoms with Gasteiger partial charge in [0, 0.05) is 0 Å². The molecule has 0 nitrogen and oxygen atoms in total. The minimum atomic E-state index is -4.27. The number of aryl methyl sites for hydroxylation is 1. The molecule has 0 saturated heterocycles. The van der Waals surface area contributed by atoms with Gasteiger partial charge >= 0.3 is 6.18 Å². The zero-order valence-corrected chi connectivity index (χ0v) is 10.9. The Bertz CT molecular complexity index is 566. The van der Waals surface area contributed by atoms with E-state index in [2.05, 4.69) is 0 Å². The Morgan fingerprint density at radius 3 is 2.11 bits per heavy atom. The van der Waals surface area contributed by atoms with Gasteiger partial charge in [-0.25, -0.2) is 0 Å². The number of alkyl halides is 3. The van der Waals surface area contributed by atoms with E-state index in [-0.39, 0.29) is 0 Å². The van der Waals surface area contributed by atoms with Crippen LogP contribution in [0.1, 0.15) is 27.8 Å². The first-order valence-electron chi connectivity index (χ1n) is 6.09. The van der Waals surface area contributed by atoms with Crippen molar-refractivity contribution < 1.29 is 13.2 Å². The van der Waals surface area contributed by atoms with Gasteiger partial charge in [0.2, 0.25) is 0 Å². The third-order valence-corrected chi connectivity index (χ3v) is 3.39. The zero-order valence-electron chi connectivity index (χ0n) is 10.9. The number of rotatable bonds is 2. The van der Waals surface area contributed by atoms with Gasteiger partial charge in [-0.1, -0.05) is 30.3 Å². The molecule has 0 amide bonds. The second-order valence-corrected chi connectivity index (χ2v) is 4.73. The van der Waals surface area contributed by atoms with Crippen LogP contribution < -0.4 is 0 Å². The molecule has 0 unspecified atom stereocenters. The number of hydrogen-bond donors (Lipinski definition) is 0. The molecule has 19 heavy (non-hydrogen) atoms. The SMILES string of the molecule is Cc1cccc(Cc2ccc(C(F)(F)F)cc2)c1C. The van der Waals surface area contributed by atoms with E-state index in [1.165, 1.54) is 11.1 Å². The number of halogens is 3. The maximum atomic E-state index is 12.5. The highest BCUT2D eigenvalue weighted by Gasteiger charge is 2.29. The molecule has 0 aliphatic rings. The molecule has 0 radical (unpaired) electrons. The van der Waals surface area contributed by atoms with Crippen molar-refractivity contribution in [2.24, 2.45) is 0 Å². The van der Waals surface area contributed by atoms with E-state index in [0.717, 1.165) is 23.3 Å². The quantitative estimate of drug-likeness (QED) is 0.722. The molecule has 0 aliphatic carbocycles. The van der Waals surface area contributed by atoms with Crippen molar-refractivity contribution in [1.82, 2.24) is 0 Å². The summed E-state index contributed by atoms with van der Waals surface area (Å²) in [7, 11) is 0. The summed E-state index contributed by atoms with van der Waals surface area (Å²) in [6.45, 7) is 4.07. The Labute approximate surface area is 110 Å². The van der Waals surface area contributed by atoms with Crippen molar-refractivity contribution in [1.29, 1.82) is 0 Å². The highest BCUT2D eigenvalue weighted by molar-refractivity contribution is 5.37. The van der Waals surface area contributed by atoms with E-state index in [0.29, 0.717) is 6.42 Å². The summed E-state index contributed by atoms with van der Waals surface area (Å²) in [5, 5.41) is 0. The molecule has 0 fully saturated rings. The summed E-state index contributed by atoms with van der Waals surface area (Å²) in [4.78, 5) is 0. The highest BCUT2D eigenvalue weighted by atomic mass is 19.4. The standard InChI is InChI=1S/C16H15F3/c1-11-4-3-5-14(12(11)2)10-13-6-8-15(9-7-13)16(17,18)19/h3-9H,10H2,1-2H3. The fourth-order valence-electron chi connectivity index (χ4n) is 2.03. The molecule has 0 heterocycles. The van der Waals surface area contributed by atoms with Crippen molar-refractivity contribution in [3.05, 3.63) is 70.3 Å². The summed E-state index contributed by atoms with van der Waals surface area (Å²) in [6.07, 6.45) is -3.61. The van der Waals surface area contributed by atoms with E-state index in [9.17, 15) is 13.2 Å². The topological polar surface area (TPSA) is 0 Å². The minimum Gasteiger partial charge on any atom is -0.166 e. The van der Waals surface area contributed by atoms with Gasteiger partial charge in [-0.3, -0.25) is 0 Å². The van der Waals surface area contributed by atoms with Crippen molar-refractivity contribution in [3.63, 3.8) is 0 Å². The van der Waals surface area contributed by atoms with Crippen LogP contribution >= 0.6 is 0 Å². The van der Waals surface area contributed by atoms with Crippen molar-refractivity contribution >= 4 is 0 Å². The first-order valence-corrected chi connectivity index (χ1v) is 6.09. The van der Waals surface area contributed by atoms with Crippen molar-refractivity contribution in [2.45, 2.75) is 26.4 Å². The lowest BCUT2D eigenvalue weighted by Crippen LogP contribution is -2.04. The fourth-order valence-corrected chi connectivity index (χ4v) is 2.03. The van der Waals surface area contributed by atoms with Crippen LogP contribution in [-0.2, 0) is 12.6 Å². The van der Waals surface area contributed by atoms with Gasteiger partial charge in [-0.05, 0) is 54.7 Å². The summed E-state index contributed by atoms with van der Waals surface area (Å²) in [5.74, 6) is 0. The van der Waals surface area contributed by atoms with Crippen LogP contribution in [-0.4, -0.2) is 0 Å². The van der Waals surface area contributed by atoms with E-state index < -0.39 is 11.7 Å². The second-order valence-electron chi connectivity index (χ2n) is 4.73. The Morgan fingerprint density at radius 1 is 0.895 bits per heavy atom. The summed E-state index contributed by atoms with van der Waals surface area (Å²) < 4.78 is 37.4. The van der Waals surface area contributed by atoms with E-state index in [1.54, 1.807) is 12.1 Å². The van der Waals surface area contributed by atoms with Crippen LogP contribution in [0.15, 0.2) is 42.5 Å². The van der Waals surface area contributed by atoms with E-state index in [4.69, 9.17) is 0 Å². The summed E-state index contributed by atoms with van der Waals surface area (Å²) >= 11 is 0. The van der Waals surface area contributed by atoms with Crippen LogP contribution in [0.4, 0.5) is 13.2 Å². The zero-order chi connectivity index (χ0) is 14.0. The maximum absolute atomic E-state index is 12.5. The molecular formula is C16H15F3. The number of hydrogen-bond acceptors (Lipinski definition) is 0. The molecule has 2 aromatic carbocycles. The number of benzene rings is 2. The van der Waals surface area contributed by atoms with Gasteiger partial charge < -0.3 is 0 Å². The Morgan fingerprint density at radius 2 is 1.53 bits per heavy atom. The van der Waals surface area contributed by atoms with Gasteiger partial charge in [-0.15, -0.1) is 0 Å². The molecule has 0 bridgehead atoms. The van der Waals surface area contributed by atoms with Gasteiger partial charge in [0.05, 0.1) is 5.56 Å². The lowest BCUT2D eigenvalue weighted by molar-refractivity contribution is -0.137. The van der Waals surface area contributed by atoms with Gasteiger partial charge in [0.25, 0.3) is 0 Å². The van der Waals surface area contributed by atoms with Crippen LogP contribution in [0.3, 0.4) is 0 Å². The fraction of sp³-hybridized carbons (Fsp3) is 0.250. The van der Waals surface area contributed by atoms with Gasteiger partial charge in [-0.2, -0.15) is 13.2 Å². The Balaban J connectivity index is 2.23. The molecule has 0 spiro atoms. The molecule has 100 valence electrons. The second kappa shape index (κ2) is 5.08. The first kappa shape index (κ1) is 13.7. The molecule has 0 N–H and O–H groups in total. The van der Waals surface area contributed by atoms with Crippen LogP contribution in [0.25, 0.3) is 0 Å². The maximum Gasteiger partial charge on any atom is 0.416 e. The molecule has 0 saturated carbocycles. The minimum absolute atomic E-state index is 0.600. The van der Waals surface area contributed by atoms with Gasteiger partial charge in [0.1, 0.15) is 0 Å². The molecule has 0 aromatic heterocycles. The predicted molar refractivity (Wildman–Crippen MR) is 70.2 cm³/mol. The molecule has 0 atom stereocenters. The predicted octanol–water partition coefficient (Wildman–Crippen LogP) is 4.91. The monoisotopic (exact) mass is 264 g/mol. The van der Waals surface area contributed by atoms with Crippen molar-refractivity contribution in [3.8, 4) is 0 Å². The molecule has 2 aromatic rings. The largest absolute Gasteiger partial charge is 0.416 e. The van der Waals surface area contributed by atoms with Gasteiger partial charge in [0.15, 0.2) is 0 Å². The van der Waals surface area contributed by atoms with Crippen molar-refractivity contribution in [2.75, 3.05) is 0 Å². The smallest absolute Gasteiger partial charge is 0.166 e. The average molecular weight is 264 g/mol. The van der Waals surface area contributed by atoms with Crippen LogP contribution in [0, 0.1) is 13.8 Å². The molecule has 3 heteroatoms. The molecular weight excluding hydrogens is 249 g/mol. The van der Waals surface area contributed by atoms with Crippen LogP contribution in [0.2, 0.25) is 0 Å². The van der Waals surface area contributed by atoms with E-state index in [1.807, 2.05) is 32.0 Å².